The van der Waals surface area contributed by atoms with E-state index in [1.165, 1.54) is 0 Å². The van der Waals surface area contributed by atoms with E-state index in [4.69, 9.17) is 21.3 Å². The topological polar surface area (TPSA) is 46.0 Å². The Bertz CT molecular complexity index is 762. The minimum atomic E-state index is -0.437. The van der Waals surface area contributed by atoms with Gasteiger partial charge in [-0.3, -0.25) is 5.32 Å². The van der Waals surface area contributed by atoms with Crippen LogP contribution < -0.4 is 5.32 Å². The predicted octanol–water partition coefficient (Wildman–Crippen LogP) is 4.29. The van der Waals surface area contributed by atoms with E-state index in [1.54, 1.807) is 7.11 Å². The van der Waals surface area contributed by atoms with Crippen molar-refractivity contribution in [3.8, 4) is 0 Å². The van der Waals surface area contributed by atoms with E-state index in [9.17, 15) is 0 Å². The van der Waals surface area contributed by atoms with Crippen molar-refractivity contribution in [3.63, 3.8) is 0 Å². The Morgan fingerprint density at radius 3 is 2.65 bits per heavy atom. The van der Waals surface area contributed by atoms with Crippen LogP contribution in [0, 0.1) is 0 Å². The zero-order valence-corrected chi connectivity index (χ0v) is 14.8. The molecule has 0 radical (unpaired) electrons. The number of hydrogen-bond donors (Lipinski definition) is 1. The quantitative estimate of drug-likeness (QED) is 0.792. The highest BCUT2D eigenvalue weighted by Gasteiger charge is 2.22. The number of ether oxygens (including phenoxy) is 1. The van der Waals surface area contributed by atoms with Gasteiger partial charge >= 0.3 is 0 Å². The molecule has 2 aromatic rings. The van der Waals surface area contributed by atoms with E-state index in [-0.39, 0.29) is 0 Å². The van der Waals surface area contributed by atoms with Crippen LogP contribution in [-0.4, -0.2) is 19.0 Å². The molecule has 6 heteroatoms. The van der Waals surface area contributed by atoms with Gasteiger partial charge in [-0.05, 0) is 17.7 Å². The molecule has 4 nitrogen and oxygen atoms in total. The van der Waals surface area contributed by atoms with Crippen molar-refractivity contribution in [1.82, 2.24) is 5.32 Å². The van der Waals surface area contributed by atoms with Crippen molar-refractivity contribution in [1.29, 1.82) is 0 Å². The largest absolute Gasteiger partial charge is 0.468 e. The third-order valence-corrected chi connectivity index (χ3v) is 4.44. The van der Waals surface area contributed by atoms with Crippen LogP contribution in [0.3, 0.4) is 0 Å². The fourth-order valence-corrected chi connectivity index (χ4v) is 2.85. The molecule has 1 N–H and O–H groups in total. The molecule has 0 saturated carbocycles. The smallest absolute Gasteiger partial charge is 0.292 e. The van der Waals surface area contributed by atoms with Crippen LogP contribution in [0.25, 0.3) is 0 Å². The first-order valence-electron chi connectivity index (χ1n) is 7.07. The van der Waals surface area contributed by atoms with Crippen LogP contribution in [0.5, 0.6) is 0 Å². The van der Waals surface area contributed by atoms with Crippen molar-refractivity contribution >= 4 is 39.4 Å². The van der Waals surface area contributed by atoms with Crippen LogP contribution in [0.2, 0.25) is 5.02 Å². The number of methoxy groups -OCH3 is 1. The van der Waals surface area contributed by atoms with Crippen LogP contribution >= 0.6 is 27.5 Å². The first-order valence-corrected chi connectivity index (χ1v) is 8.57. The van der Waals surface area contributed by atoms with Gasteiger partial charge in [0.15, 0.2) is 6.17 Å². The lowest BCUT2D eigenvalue weighted by molar-refractivity contribution is 0.381. The molecule has 3 rings (SSSR count). The van der Waals surface area contributed by atoms with Gasteiger partial charge in [0.05, 0.1) is 7.11 Å². The molecular weight excluding hydrogens is 378 g/mol. The third kappa shape index (κ3) is 3.57. The average Bonchev–Trinajstić information content (AvgIpc) is 2.62. The van der Waals surface area contributed by atoms with E-state index in [0.29, 0.717) is 16.9 Å². The molecule has 1 aliphatic rings. The second kappa shape index (κ2) is 7.15. The summed E-state index contributed by atoms with van der Waals surface area (Å²) in [7, 11) is 1.58. The molecule has 1 unspecified atom stereocenters. The molecule has 0 saturated heterocycles. The minimum absolute atomic E-state index is 0.421. The van der Waals surface area contributed by atoms with E-state index in [1.807, 2.05) is 48.5 Å². The summed E-state index contributed by atoms with van der Waals surface area (Å²) in [6, 6.07) is 16.1. The average molecular weight is 393 g/mol. The van der Waals surface area contributed by atoms with Crippen molar-refractivity contribution in [2.24, 2.45) is 9.98 Å². The monoisotopic (exact) mass is 391 g/mol. The first-order chi connectivity index (χ1) is 11.2. The maximum absolute atomic E-state index is 6.36. The Morgan fingerprint density at radius 1 is 1.17 bits per heavy atom. The van der Waals surface area contributed by atoms with Gasteiger partial charge in [0.1, 0.15) is 5.84 Å². The molecule has 2 aromatic carbocycles. The molecule has 1 atom stereocenters. The fourth-order valence-electron chi connectivity index (χ4n) is 2.29. The molecule has 1 aliphatic heterocycles. The van der Waals surface area contributed by atoms with Gasteiger partial charge in [-0.25, -0.2) is 9.98 Å². The number of alkyl halides is 1. The highest BCUT2D eigenvalue weighted by Crippen LogP contribution is 2.30. The highest BCUT2D eigenvalue weighted by atomic mass is 79.9. The third-order valence-electron chi connectivity index (χ3n) is 3.45. The second-order valence-electron chi connectivity index (χ2n) is 4.97. The highest BCUT2D eigenvalue weighted by molar-refractivity contribution is 9.08. The maximum atomic E-state index is 6.36. The standard InChI is InChI=1S/C17H15BrClN3O/c1-23-17-21-15(12-5-3-2-4-6-12)20-16(22-17)13-9-11(10-18)7-8-14(13)19/h2-9,16H,10H2,1H3,(H,20,21,22). The summed E-state index contributed by atoms with van der Waals surface area (Å²) in [6.45, 7) is 0. The van der Waals surface area contributed by atoms with Crippen molar-refractivity contribution in [3.05, 3.63) is 70.2 Å². The van der Waals surface area contributed by atoms with Gasteiger partial charge in [0.2, 0.25) is 0 Å². The molecule has 0 bridgehead atoms. The number of nitrogens with one attached hydrogen (secondary N) is 1. The normalized spacial score (nSPS) is 17.1. The van der Waals surface area contributed by atoms with E-state index < -0.39 is 6.17 Å². The van der Waals surface area contributed by atoms with Crippen molar-refractivity contribution < 1.29 is 4.74 Å². The SMILES string of the molecule is COC1=NC(c2cc(CBr)ccc2Cl)N=C(c2ccccc2)N1. The molecule has 0 spiro atoms. The first kappa shape index (κ1) is 16.0. The summed E-state index contributed by atoms with van der Waals surface area (Å²) < 4.78 is 5.30. The summed E-state index contributed by atoms with van der Waals surface area (Å²) in [4.78, 5) is 9.17. The Hall–Kier alpha value is -1.85. The summed E-state index contributed by atoms with van der Waals surface area (Å²) in [5.41, 5.74) is 2.94. The predicted molar refractivity (Wildman–Crippen MR) is 97.4 cm³/mol. The Kier molecular flexibility index (Phi) is 4.98. The molecule has 23 heavy (non-hydrogen) atoms. The molecule has 118 valence electrons. The van der Waals surface area contributed by atoms with Gasteiger partial charge < -0.3 is 4.74 Å². The Balaban J connectivity index is 2.04. The van der Waals surface area contributed by atoms with Gasteiger partial charge in [-0.2, -0.15) is 0 Å². The number of rotatable bonds is 3. The summed E-state index contributed by atoms with van der Waals surface area (Å²) in [6.07, 6.45) is -0.437. The van der Waals surface area contributed by atoms with Crippen LogP contribution in [-0.2, 0) is 10.1 Å². The van der Waals surface area contributed by atoms with Gasteiger partial charge in [-0.1, -0.05) is 63.9 Å². The zero-order chi connectivity index (χ0) is 16.2. The van der Waals surface area contributed by atoms with E-state index in [2.05, 4.69) is 26.2 Å². The Morgan fingerprint density at radius 2 is 1.96 bits per heavy atom. The van der Waals surface area contributed by atoms with E-state index >= 15 is 0 Å². The minimum Gasteiger partial charge on any atom is -0.468 e. The molecule has 0 amide bonds. The lowest BCUT2D eigenvalue weighted by atomic mass is 10.1. The van der Waals surface area contributed by atoms with Crippen LogP contribution in [0.15, 0.2) is 58.5 Å². The summed E-state index contributed by atoms with van der Waals surface area (Å²) in [5, 5.41) is 4.48. The zero-order valence-electron chi connectivity index (χ0n) is 12.5. The lowest BCUT2D eigenvalue weighted by Crippen LogP contribution is -2.36. The molecule has 0 fully saturated rings. The molecular formula is C17H15BrClN3O. The van der Waals surface area contributed by atoms with Crippen LogP contribution in [0.1, 0.15) is 22.9 Å². The number of nitrogens with zero attached hydrogens (tertiary/aromatic N) is 2. The number of benzene rings is 2. The lowest BCUT2D eigenvalue weighted by Gasteiger charge is -2.21. The van der Waals surface area contributed by atoms with Gasteiger partial charge in [0, 0.05) is 21.5 Å². The summed E-state index contributed by atoms with van der Waals surface area (Å²) >= 11 is 9.82. The van der Waals surface area contributed by atoms with Crippen molar-refractivity contribution in [2.75, 3.05) is 7.11 Å². The fraction of sp³-hybridized carbons (Fsp3) is 0.176. The van der Waals surface area contributed by atoms with Gasteiger partial charge in [-0.15, -0.1) is 0 Å². The van der Waals surface area contributed by atoms with Gasteiger partial charge in [0.25, 0.3) is 6.02 Å². The van der Waals surface area contributed by atoms with Crippen LogP contribution in [0.4, 0.5) is 0 Å². The number of hydrogen-bond acceptors (Lipinski definition) is 4. The maximum Gasteiger partial charge on any atom is 0.292 e. The molecule has 0 aromatic heterocycles. The number of aliphatic imine (C=N–C) groups is 2. The second-order valence-corrected chi connectivity index (χ2v) is 5.94. The van der Waals surface area contributed by atoms with Crippen molar-refractivity contribution in [2.45, 2.75) is 11.5 Å². The molecule has 0 aliphatic carbocycles. The van der Waals surface area contributed by atoms with E-state index in [0.717, 1.165) is 22.0 Å². The Labute approximate surface area is 148 Å². The number of amidine groups is 2. The molecule has 1 heterocycles. The number of halogens is 2. The summed E-state index contributed by atoms with van der Waals surface area (Å²) in [5.74, 6) is 0.711.